The molecule has 43 heavy (non-hydrogen) atoms. The molecule has 1 aliphatic heterocycles. The van der Waals surface area contributed by atoms with Crippen LogP contribution >= 0.6 is 0 Å². The van der Waals surface area contributed by atoms with Crippen molar-refractivity contribution in [3.8, 4) is 5.75 Å². The number of hydrogen-bond acceptors (Lipinski definition) is 8. The quantitative estimate of drug-likeness (QED) is 0.201. The van der Waals surface area contributed by atoms with Gasteiger partial charge in [0.15, 0.2) is 23.6 Å². The minimum atomic E-state index is -3.17. The van der Waals surface area contributed by atoms with Crippen molar-refractivity contribution < 1.29 is 28.5 Å². The molecule has 3 heterocycles. The molecule has 0 aliphatic carbocycles. The van der Waals surface area contributed by atoms with E-state index in [0.29, 0.717) is 5.75 Å². The van der Waals surface area contributed by atoms with Gasteiger partial charge in [-0.15, -0.1) is 0 Å². The van der Waals surface area contributed by atoms with Crippen LogP contribution in [0.15, 0.2) is 96.1 Å². The van der Waals surface area contributed by atoms with Crippen molar-refractivity contribution in [3.05, 3.63) is 118 Å². The van der Waals surface area contributed by atoms with E-state index in [1.165, 1.54) is 0 Å². The molecule has 5 aromatic rings. The maximum Gasteiger partial charge on any atom is 0.280 e. The Morgan fingerprint density at radius 1 is 1.05 bits per heavy atom. The van der Waals surface area contributed by atoms with Gasteiger partial charge in [0.2, 0.25) is 5.95 Å². The third-order valence-corrected chi connectivity index (χ3v) is 7.84. The van der Waals surface area contributed by atoms with Crippen LogP contribution in [0.1, 0.15) is 29.8 Å². The second-order valence-electron chi connectivity index (χ2n) is 10.6. The first-order chi connectivity index (χ1) is 20.6. The number of nitrogens with one attached hydrogen (secondary N) is 2. The largest absolute Gasteiger partial charge is 0.497 e. The number of anilines is 1. The molecule has 1 saturated heterocycles. The van der Waals surface area contributed by atoms with E-state index in [4.69, 9.17) is 9.47 Å². The lowest BCUT2D eigenvalue weighted by Gasteiger charge is -2.37. The highest BCUT2D eigenvalue weighted by Gasteiger charge is 2.64. The zero-order valence-corrected chi connectivity index (χ0v) is 23.2. The van der Waals surface area contributed by atoms with Gasteiger partial charge >= 0.3 is 0 Å². The van der Waals surface area contributed by atoms with Crippen molar-refractivity contribution in [2.75, 3.05) is 19.0 Å². The Kier molecular flexibility index (Phi) is 6.99. The second-order valence-corrected chi connectivity index (χ2v) is 10.6. The van der Waals surface area contributed by atoms with Crippen molar-refractivity contribution in [2.45, 2.75) is 36.3 Å². The molecule has 4 atom stereocenters. The van der Waals surface area contributed by atoms with Gasteiger partial charge in [-0.05, 0) is 35.7 Å². The highest BCUT2D eigenvalue weighted by atomic mass is 19.2. The smallest absolute Gasteiger partial charge is 0.280 e. The van der Waals surface area contributed by atoms with Crippen LogP contribution in [0.2, 0.25) is 0 Å². The number of imidazole rings is 1. The Morgan fingerprint density at radius 2 is 1.63 bits per heavy atom. The Balaban J connectivity index is 1.55. The van der Waals surface area contributed by atoms with Gasteiger partial charge < -0.3 is 25.0 Å². The number of aliphatic hydroxyl groups is 2. The molecular weight excluding hydrogens is 560 g/mol. The number of aromatic amines is 1. The molecular formula is C31H29F2N5O5. The van der Waals surface area contributed by atoms with Crippen LogP contribution in [-0.4, -0.2) is 61.1 Å². The summed E-state index contributed by atoms with van der Waals surface area (Å²) in [5.41, 5.74) is -2.00. The number of rotatable bonds is 8. The number of H-pyrrole nitrogens is 1. The molecule has 2 aromatic heterocycles. The summed E-state index contributed by atoms with van der Waals surface area (Å²) < 4.78 is 41.6. The minimum absolute atomic E-state index is 0.00545. The molecule has 1 fully saturated rings. The lowest BCUT2D eigenvalue weighted by Crippen LogP contribution is -2.45. The lowest BCUT2D eigenvalue weighted by molar-refractivity contribution is -0.196. The summed E-state index contributed by atoms with van der Waals surface area (Å²) in [4.78, 5) is 24.7. The molecule has 10 nitrogen and oxygen atoms in total. The summed E-state index contributed by atoms with van der Waals surface area (Å²) >= 11 is 0. The van der Waals surface area contributed by atoms with E-state index in [2.05, 4.69) is 20.3 Å². The van der Waals surface area contributed by atoms with E-state index in [1.54, 1.807) is 7.11 Å². The normalized spacial score (nSPS) is 23.9. The maximum absolute atomic E-state index is 15.0. The summed E-state index contributed by atoms with van der Waals surface area (Å²) in [6.07, 6.45) is -3.18. The van der Waals surface area contributed by atoms with Crippen LogP contribution in [0, 0.1) is 0 Å². The van der Waals surface area contributed by atoms with E-state index in [1.807, 2.05) is 84.9 Å². The van der Waals surface area contributed by atoms with E-state index in [0.717, 1.165) is 34.5 Å². The number of aromatic nitrogens is 4. The molecule has 0 saturated carbocycles. The van der Waals surface area contributed by atoms with E-state index < -0.39 is 41.6 Å². The van der Waals surface area contributed by atoms with E-state index in [-0.39, 0.29) is 17.1 Å². The summed E-state index contributed by atoms with van der Waals surface area (Å²) in [7, 11) is 1.58. The Bertz CT molecular complexity index is 1760. The number of alkyl halides is 2. The number of methoxy groups -OCH3 is 1. The number of ether oxygens (including phenoxy) is 2. The third-order valence-electron chi connectivity index (χ3n) is 7.84. The van der Waals surface area contributed by atoms with Crippen LogP contribution in [0.4, 0.5) is 14.7 Å². The van der Waals surface area contributed by atoms with Gasteiger partial charge in [0.25, 0.3) is 11.4 Å². The first kappa shape index (κ1) is 28.5. The molecule has 222 valence electrons. The second kappa shape index (κ2) is 10.6. The van der Waals surface area contributed by atoms with Gasteiger partial charge in [-0.3, -0.25) is 14.3 Å². The summed E-state index contributed by atoms with van der Waals surface area (Å²) in [5.74, 6) is -2.51. The number of aliphatic hydroxyl groups excluding tert-OH is 1. The SMILES string of the molecule is COc1ccc(C(Nc2nc3c(ncn3[C@@H]3O[C@](F)(CO)[C@@H](F)[C@@]3(C)O)c(=O)[nH]2)(c2ccccc2)c2ccccc2)cc1. The van der Waals surface area contributed by atoms with Crippen LogP contribution in [-0.2, 0) is 10.3 Å². The number of nitrogens with zero attached hydrogens (tertiary/aromatic N) is 3. The Hall–Kier alpha value is -4.65. The fraction of sp³-hybridized carbons (Fsp3) is 0.258. The van der Waals surface area contributed by atoms with E-state index in [9.17, 15) is 19.4 Å². The van der Waals surface area contributed by atoms with Crippen molar-refractivity contribution in [3.63, 3.8) is 0 Å². The molecule has 0 amide bonds. The van der Waals surface area contributed by atoms with Crippen LogP contribution in [0.25, 0.3) is 11.2 Å². The predicted octanol–water partition coefficient (Wildman–Crippen LogP) is 3.81. The summed E-state index contributed by atoms with van der Waals surface area (Å²) in [6.45, 7) is -0.288. The lowest BCUT2D eigenvalue weighted by atomic mass is 9.77. The topological polar surface area (TPSA) is 135 Å². The Labute approximate surface area is 244 Å². The van der Waals surface area contributed by atoms with Crippen molar-refractivity contribution in [1.29, 1.82) is 0 Å². The van der Waals surface area contributed by atoms with Crippen molar-refractivity contribution >= 4 is 17.1 Å². The number of fused-ring (bicyclic) bond motifs is 1. The summed E-state index contributed by atoms with van der Waals surface area (Å²) in [6, 6.07) is 26.5. The zero-order valence-electron chi connectivity index (χ0n) is 23.2. The average molecular weight is 590 g/mol. The summed E-state index contributed by atoms with van der Waals surface area (Å²) in [5, 5.41) is 23.8. The first-order valence-corrected chi connectivity index (χ1v) is 13.5. The monoisotopic (exact) mass is 589 g/mol. The molecule has 3 aromatic carbocycles. The number of halogens is 2. The average Bonchev–Trinajstić information content (AvgIpc) is 3.53. The minimum Gasteiger partial charge on any atom is -0.497 e. The molecule has 6 rings (SSSR count). The number of benzene rings is 3. The predicted molar refractivity (Wildman–Crippen MR) is 154 cm³/mol. The fourth-order valence-corrected chi connectivity index (χ4v) is 5.65. The van der Waals surface area contributed by atoms with Gasteiger partial charge in [-0.25, -0.2) is 13.8 Å². The number of hydrogen-bond donors (Lipinski definition) is 4. The highest BCUT2D eigenvalue weighted by Crippen LogP contribution is 2.47. The van der Waals surface area contributed by atoms with Crippen LogP contribution < -0.4 is 15.6 Å². The Morgan fingerprint density at radius 3 is 2.16 bits per heavy atom. The van der Waals surface area contributed by atoms with Crippen LogP contribution in [0.5, 0.6) is 5.75 Å². The van der Waals surface area contributed by atoms with Gasteiger partial charge in [0, 0.05) is 0 Å². The molecule has 0 spiro atoms. The van der Waals surface area contributed by atoms with Crippen molar-refractivity contribution in [1.82, 2.24) is 19.5 Å². The molecule has 0 radical (unpaired) electrons. The maximum atomic E-state index is 15.0. The molecule has 1 aliphatic rings. The first-order valence-electron chi connectivity index (χ1n) is 13.5. The van der Waals surface area contributed by atoms with Gasteiger partial charge in [-0.1, -0.05) is 72.8 Å². The molecule has 12 heteroatoms. The van der Waals surface area contributed by atoms with E-state index >= 15 is 4.39 Å². The molecule has 4 N–H and O–H groups in total. The third kappa shape index (κ3) is 4.54. The molecule has 0 bridgehead atoms. The highest BCUT2D eigenvalue weighted by molar-refractivity contribution is 5.72. The van der Waals surface area contributed by atoms with Crippen molar-refractivity contribution in [2.24, 2.45) is 0 Å². The van der Waals surface area contributed by atoms with Gasteiger partial charge in [0.05, 0.1) is 13.4 Å². The van der Waals surface area contributed by atoms with Crippen LogP contribution in [0.3, 0.4) is 0 Å². The fourth-order valence-electron chi connectivity index (χ4n) is 5.65. The molecule has 0 unspecified atom stereocenters. The van der Waals surface area contributed by atoms with Gasteiger partial charge in [0.1, 0.15) is 23.5 Å². The van der Waals surface area contributed by atoms with Gasteiger partial charge in [-0.2, -0.15) is 4.98 Å². The standard InChI is InChI=1S/C31H29F2N5O5/c1-29(41)26(32)30(33,17-39)43-27(29)38-18-34-23-24(38)35-28(36-25(23)40)37-31(19-9-5-3-6-10-19,20-11-7-4-8-12-20)21-13-15-22(42-2)16-14-21/h3-16,18,26-27,39,41H,17H2,1-2H3,(H2,35,36,37,40)/t26-,27+,29+,30+/m0/s1. The zero-order chi connectivity index (χ0) is 30.4.